The molecular formula is C22H27FN4O6. The molecule has 0 bridgehead atoms. The van der Waals surface area contributed by atoms with Gasteiger partial charge < -0.3 is 29.4 Å². The number of carbonyl (C=O) groups is 2. The van der Waals surface area contributed by atoms with Crippen LogP contribution in [0.25, 0.3) is 11.0 Å². The Kier molecular flexibility index (Phi) is 5.77. The van der Waals surface area contributed by atoms with Crippen LogP contribution in [-0.2, 0) is 9.47 Å². The molecule has 1 saturated heterocycles. The van der Waals surface area contributed by atoms with Gasteiger partial charge in [0.25, 0.3) is 0 Å². The van der Waals surface area contributed by atoms with Gasteiger partial charge in [-0.15, -0.1) is 0 Å². The quantitative estimate of drug-likeness (QED) is 0.695. The highest BCUT2D eigenvalue weighted by molar-refractivity contribution is 5.92. The fourth-order valence-corrected chi connectivity index (χ4v) is 4.01. The number of nitrogens with zero attached hydrogens (tertiary/aromatic N) is 3. The number of methoxy groups -OCH3 is 1. The van der Waals surface area contributed by atoms with Gasteiger partial charge in [-0.1, -0.05) is 0 Å². The molecule has 0 unspecified atom stereocenters. The van der Waals surface area contributed by atoms with Crippen LogP contribution in [0.1, 0.15) is 56.4 Å². The number of aromatic nitrogens is 2. The highest BCUT2D eigenvalue weighted by atomic mass is 19.1. The van der Waals surface area contributed by atoms with Crippen molar-refractivity contribution in [3.05, 3.63) is 33.9 Å². The minimum atomic E-state index is -1.37. The molecule has 0 radical (unpaired) electrons. The van der Waals surface area contributed by atoms with E-state index in [1.165, 1.54) is 13.3 Å². The summed E-state index contributed by atoms with van der Waals surface area (Å²) in [7, 11) is 1.53. The maximum Gasteiger partial charge on any atom is 0.409 e. The van der Waals surface area contributed by atoms with E-state index < -0.39 is 40.6 Å². The number of hydrogen-bond donors (Lipinski definition) is 2. The molecule has 3 heterocycles. The number of amides is 1. The van der Waals surface area contributed by atoms with Crippen LogP contribution in [0.4, 0.5) is 15.0 Å². The minimum absolute atomic E-state index is 0.00185. The Morgan fingerprint density at radius 1 is 1.30 bits per heavy atom. The molecule has 1 aliphatic heterocycles. The summed E-state index contributed by atoms with van der Waals surface area (Å²) in [5.74, 6) is -2.22. The van der Waals surface area contributed by atoms with Gasteiger partial charge in [0.15, 0.2) is 11.6 Å². The predicted octanol–water partition coefficient (Wildman–Crippen LogP) is 2.64. The Labute approximate surface area is 189 Å². The summed E-state index contributed by atoms with van der Waals surface area (Å²) in [5, 5.41) is 12.0. The predicted molar refractivity (Wildman–Crippen MR) is 117 cm³/mol. The first-order valence-corrected chi connectivity index (χ1v) is 10.8. The van der Waals surface area contributed by atoms with E-state index in [9.17, 15) is 19.5 Å². The molecule has 1 aliphatic carbocycles. The Bertz CT molecular complexity index is 1170. The summed E-state index contributed by atoms with van der Waals surface area (Å²) in [6.45, 7) is 5.48. The van der Waals surface area contributed by atoms with E-state index in [0.717, 1.165) is 18.9 Å². The van der Waals surface area contributed by atoms with E-state index in [1.807, 2.05) is 0 Å². The number of anilines is 1. The monoisotopic (exact) mass is 462 g/mol. The molecule has 2 aliphatic rings. The number of hydrogen-bond acceptors (Lipinski definition) is 7. The van der Waals surface area contributed by atoms with Crippen LogP contribution in [0.5, 0.6) is 0 Å². The number of alkyl carbamates (subject to hydrolysis) is 1. The first-order chi connectivity index (χ1) is 15.5. The number of pyridine rings is 2. The lowest BCUT2D eigenvalue weighted by Gasteiger charge is -2.28. The number of carboxylic acids is 1. The third kappa shape index (κ3) is 4.63. The number of halogens is 1. The summed E-state index contributed by atoms with van der Waals surface area (Å²) in [6, 6.07) is 1.02. The molecule has 33 heavy (non-hydrogen) atoms. The molecule has 10 nitrogen and oxygen atoms in total. The van der Waals surface area contributed by atoms with Crippen molar-refractivity contribution in [1.82, 2.24) is 14.9 Å². The van der Waals surface area contributed by atoms with Crippen LogP contribution in [0.3, 0.4) is 0 Å². The molecule has 1 saturated carbocycles. The van der Waals surface area contributed by atoms with Crippen LogP contribution in [0.2, 0.25) is 0 Å². The molecule has 2 aromatic heterocycles. The van der Waals surface area contributed by atoms with Gasteiger partial charge in [-0.3, -0.25) is 4.79 Å². The average Bonchev–Trinajstić information content (AvgIpc) is 3.47. The maximum absolute atomic E-state index is 15.3. The number of nitrogens with one attached hydrogen (secondary N) is 1. The van der Waals surface area contributed by atoms with Gasteiger partial charge in [0, 0.05) is 32.3 Å². The van der Waals surface area contributed by atoms with Gasteiger partial charge in [0.05, 0.1) is 11.5 Å². The Morgan fingerprint density at radius 3 is 2.58 bits per heavy atom. The van der Waals surface area contributed by atoms with Crippen LogP contribution in [0, 0.1) is 5.82 Å². The number of aromatic carboxylic acids is 1. The van der Waals surface area contributed by atoms with Gasteiger partial charge in [-0.2, -0.15) is 0 Å². The first-order valence-electron chi connectivity index (χ1n) is 10.8. The van der Waals surface area contributed by atoms with Crippen molar-refractivity contribution in [3.63, 3.8) is 0 Å². The third-order valence-electron chi connectivity index (χ3n) is 5.66. The minimum Gasteiger partial charge on any atom is -0.477 e. The number of ether oxygens (including phenoxy) is 2. The van der Waals surface area contributed by atoms with Gasteiger partial charge in [-0.25, -0.2) is 19.0 Å². The van der Waals surface area contributed by atoms with Gasteiger partial charge >= 0.3 is 12.1 Å². The molecule has 178 valence electrons. The molecule has 2 N–H and O–H groups in total. The first kappa shape index (κ1) is 23.0. The fourth-order valence-electron chi connectivity index (χ4n) is 4.01. The molecule has 2 aromatic rings. The fraction of sp³-hybridized carbons (Fsp3) is 0.545. The summed E-state index contributed by atoms with van der Waals surface area (Å²) in [5.41, 5.74) is -1.70. The third-order valence-corrected chi connectivity index (χ3v) is 5.66. The topological polar surface area (TPSA) is 123 Å². The van der Waals surface area contributed by atoms with Crippen molar-refractivity contribution < 1.29 is 28.6 Å². The second kappa shape index (κ2) is 8.29. The number of rotatable bonds is 5. The van der Waals surface area contributed by atoms with Gasteiger partial charge in [0.1, 0.15) is 23.0 Å². The summed E-state index contributed by atoms with van der Waals surface area (Å²) >= 11 is 0. The summed E-state index contributed by atoms with van der Waals surface area (Å²) < 4.78 is 27.7. The van der Waals surface area contributed by atoms with E-state index in [0.29, 0.717) is 6.42 Å². The van der Waals surface area contributed by atoms with Crippen LogP contribution in [0.15, 0.2) is 17.1 Å². The number of carbonyl (C=O) groups excluding carboxylic acids is 1. The van der Waals surface area contributed by atoms with Crippen molar-refractivity contribution in [1.29, 1.82) is 0 Å². The van der Waals surface area contributed by atoms with Crippen LogP contribution in [-0.4, -0.2) is 58.2 Å². The van der Waals surface area contributed by atoms with E-state index in [2.05, 4.69) is 10.3 Å². The lowest BCUT2D eigenvalue weighted by Crippen LogP contribution is -2.47. The second-order valence-corrected chi connectivity index (χ2v) is 9.39. The van der Waals surface area contributed by atoms with E-state index in [-0.39, 0.29) is 35.5 Å². The molecule has 0 aromatic carbocycles. The number of fused-ring (bicyclic) bond motifs is 1. The second-order valence-electron chi connectivity index (χ2n) is 9.39. The van der Waals surface area contributed by atoms with Crippen LogP contribution < -0.4 is 15.6 Å². The Hall–Kier alpha value is -3.21. The SMILES string of the molecule is CO[C@@H]1C[C@H](NC(=O)OC(C)(C)C)N(c2nc3c(cc2F)c(=O)c(C(=O)O)cn3C2CC2)C1. The smallest absolute Gasteiger partial charge is 0.409 e. The van der Waals surface area contributed by atoms with Gasteiger partial charge in [-0.05, 0) is 39.7 Å². The van der Waals surface area contributed by atoms with E-state index in [1.54, 1.807) is 30.2 Å². The summed E-state index contributed by atoms with van der Waals surface area (Å²) in [6.07, 6.45) is 1.68. The zero-order valence-corrected chi connectivity index (χ0v) is 18.9. The zero-order valence-electron chi connectivity index (χ0n) is 18.9. The highest BCUT2D eigenvalue weighted by Gasteiger charge is 2.37. The molecule has 4 rings (SSSR count). The molecule has 0 spiro atoms. The zero-order chi connectivity index (χ0) is 24.1. The molecule has 1 amide bonds. The molecule has 11 heteroatoms. The normalized spacial score (nSPS) is 20.8. The van der Waals surface area contributed by atoms with Crippen molar-refractivity contribution in [3.8, 4) is 0 Å². The lowest BCUT2D eigenvalue weighted by atomic mass is 10.2. The van der Waals surface area contributed by atoms with Crippen molar-refractivity contribution in [2.75, 3.05) is 18.6 Å². The van der Waals surface area contributed by atoms with E-state index >= 15 is 4.39 Å². The maximum atomic E-state index is 15.3. The Morgan fingerprint density at radius 2 is 2.00 bits per heavy atom. The van der Waals surface area contributed by atoms with E-state index in [4.69, 9.17) is 9.47 Å². The van der Waals surface area contributed by atoms with Gasteiger partial charge in [0.2, 0.25) is 5.43 Å². The number of carboxylic acid groups (broad SMARTS) is 1. The average molecular weight is 462 g/mol. The molecular weight excluding hydrogens is 435 g/mol. The highest BCUT2D eigenvalue weighted by Crippen LogP contribution is 2.37. The molecule has 2 atom stereocenters. The largest absolute Gasteiger partial charge is 0.477 e. The van der Waals surface area contributed by atoms with Crippen molar-refractivity contribution >= 4 is 28.9 Å². The lowest BCUT2D eigenvalue weighted by molar-refractivity contribution is 0.0497. The molecule has 2 fully saturated rings. The van der Waals surface area contributed by atoms with Crippen molar-refractivity contribution in [2.24, 2.45) is 0 Å². The van der Waals surface area contributed by atoms with Crippen molar-refractivity contribution in [2.45, 2.75) is 63.9 Å². The summed E-state index contributed by atoms with van der Waals surface area (Å²) in [4.78, 5) is 42.6. The van der Waals surface area contributed by atoms with Crippen LogP contribution >= 0.6 is 0 Å². The Balaban J connectivity index is 1.77. The standard InChI is InChI=1S/C22H27FN4O6/c1-22(2,3)33-21(31)24-16-7-12(32-4)9-27(16)19-15(23)8-13-17(28)14(20(29)30)10-26(11-5-6-11)18(13)25-19/h8,10-12,16H,5-7,9H2,1-4H3,(H,24,31)(H,29,30)/t12-,16-/m1/s1.